The third-order valence-electron chi connectivity index (χ3n) is 2.86. The van der Waals surface area contributed by atoms with Gasteiger partial charge < -0.3 is 10.4 Å². The molecular weight excluding hydrogens is 230 g/mol. The molecule has 5 heteroatoms. The highest BCUT2D eigenvalue weighted by Gasteiger charge is 2.23. The number of carboxylic acids is 1. The first-order chi connectivity index (χ1) is 8.47. The number of rotatable bonds is 5. The van der Waals surface area contributed by atoms with Gasteiger partial charge in [0.15, 0.2) is 0 Å². The fourth-order valence-corrected chi connectivity index (χ4v) is 1.65. The first kappa shape index (κ1) is 14.0. The maximum atomic E-state index is 11.2. The van der Waals surface area contributed by atoms with Gasteiger partial charge in [0.1, 0.15) is 11.9 Å². The molecule has 0 fully saturated rings. The lowest BCUT2D eigenvalue weighted by Crippen LogP contribution is -2.35. The number of aryl methyl sites for hydroxylation is 1. The van der Waals surface area contributed by atoms with E-state index < -0.39 is 12.0 Å². The average Bonchev–Trinajstić information content (AvgIpc) is 2.34. The van der Waals surface area contributed by atoms with Crippen molar-refractivity contribution >= 4 is 11.8 Å². The molecule has 1 rings (SSSR count). The Hall–Kier alpha value is -2.09. The van der Waals surface area contributed by atoms with Crippen molar-refractivity contribution in [2.75, 3.05) is 5.32 Å². The van der Waals surface area contributed by atoms with E-state index in [4.69, 9.17) is 5.26 Å². The molecule has 0 aromatic carbocycles. The Morgan fingerprint density at radius 3 is 2.78 bits per heavy atom. The van der Waals surface area contributed by atoms with Crippen molar-refractivity contribution in [2.24, 2.45) is 5.92 Å². The van der Waals surface area contributed by atoms with Crippen molar-refractivity contribution in [2.45, 2.75) is 33.2 Å². The number of carbonyl (C=O) groups is 1. The van der Waals surface area contributed by atoms with Crippen LogP contribution in [0.15, 0.2) is 12.1 Å². The fourth-order valence-electron chi connectivity index (χ4n) is 1.65. The molecule has 5 nitrogen and oxygen atoms in total. The molecule has 0 aliphatic carbocycles. The van der Waals surface area contributed by atoms with E-state index in [9.17, 15) is 9.90 Å². The van der Waals surface area contributed by atoms with Gasteiger partial charge in [0.05, 0.1) is 11.6 Å². The summed E-state index contributed by atoms with van der Waals surface area (Å²) >= 11 is 0. The maximum absolute atomic E-state index is 11.2. The fraction of sp³-hybridized carbons (Fsp3) is 0.462. The number of pyridine rings is 1. The molecule has 2 atom stereocenters. The number of nitriles is 1. The van der Waals surface area contributed by atoms with Gasteiger partial charge in [-0.3, -0.25) is 0 Å². The summed E-state index contributed by atoms with van der Waals surface area (Å²) < 4.78 is 0. The van der Waals surface area contributed by atoms with E-state index in [-0.39, 0.29) is 5.92 Å². The standard InChI is InChI=1S/C13H17N3O2/c1-4-8(2)12(13(17)18)16-11-6-10(7-14)5-9(3)15-11/h5-6,8,12H,4H2,1-3H3,(H,15,16)(H,17,18)/t8-,12-/m0/s1. The summed E-state index contributed by atoms with van der Waals surface area (Å²) in [6.07, 6.45) is 0.751. The molecular formula is C13H17N3O2. The molecule has 0 radical (unpaired) electrons. The Morgan fingerprint density at radius 1 is 1.61 bits per heavy atom. The molecule has 0 aliphatic rings. The highest BCUT2D eigenvalue weighted by atomic mass is 16.4. The van der Waals surface area contributed by atoms with Gasteiger partial charge in [-0.2, -0.15) is 5.26 Å². The van der Waals surface area contributed by atoms with Crippen molar-refractivity contribution in [1.82, 2.24) is 4.98 Å². The summed E-state index contributed by atoms with van der Waals surface area (Å²) in [5.74, 6) is -0.499. The SMILES string of the molecule is CC[C@H](C)[C@H](Nc1cc(C#N)cc(C)n1)C(=O)O. The van der Waals surface area contributed by atoms with Gasteiger partial charge in [0.25, 0.3) is 0 Å². The van der Waals surface area contributed by atoms with E-state index >= 15 is 0 Å². The van der Waals surface area contributed by atoms with Gasteiger partial charge in [-0.05, 0) is 25.0 Å². The van der Waals surface area contributed by atoms with Crippen molar-refractivity contribution in [3.05, 3.63) is 23.4 Å². The number of anilines is 1. The normalized spacial score (nSPS) is 13.4. The van der Waals surface area contributed by atoms with Crippen molar-refractivity contribution < 1.29 is 9.90 Å². The zero-order valence-electron chi connectivity index (χ0n) is 10.8. The molecule has 0 unspecified atom stereocenters. The molecule has 1 aromatic heterocycles. The quantitative estimate of drug-likeness (QED) is 0.832. The lowest BCUT2D eigenvalue weighted by atomic mass is 9.99. The third kappa shape index (κ3) is 3.45. The van der Waals surface area contributed by atoms with Crippen molar-refractivity contribution in [3.8, 4) is 6.07 Å². The van der Waals surface area contributed by atoms with Gasteiger partial charge in [-0.15, -0.1) is 0 Å². The zero-order chi connectivity index (χ0) is 13.7. The minimum Gasteiger partial charge on any atom is -0.480 e. The van der Waals surface area contributed by atoms with Crippen LogP contribution in [-0.2, 0) is 4.79 Å². The number of carboxylic acid groups (broad SMARTS) is 1. The van der Waals surface area contributed by atoms with Crippen LogP contribution in [0.25, 0.3) is 0 Å². The van der Waals surface area contributed by atoms with E-state index in [0.29, 0.717) is 17.1 Å². The first-order valence-electron chi connectivity index (χ1n) is 5.86. The highest BCUT2D eigenvalue weighted by molar-refractivity contribution is 5.77. The van der Waals surface area contributed by atoms with Crippen molar-refractivity contribution in [1.29, 1.82) is 5.26 Å². The molecule has 96 valence electrons. The van der Waals surface area contributed by atoms with Crippen LogP contribution in [0.5, 0.6) is 0 Å². The predicted molar refractivity (Wildman–Crippen MR) is 68.2 cm³/mol. The Morgan fingerprint density at radius 2 is 2.28 bits per heavy atom. The number of nitrogens with zero attached hydrogens (tertiary/aromatic N) is 2. The number of aromatic nitrogens is 1. The van der Waals surface area contributed by atoms with E-state index in [0.717, 1.165) is 6.42 Å². The molecule has 0 saturated heterocycles. The summed E-state index contributed by atoms with van der Waals surface area (Å²) in [7, 11) is 0. The lowest BCUT2D eigenvalue weighted by Gasteiger charge is -2.20. The lowest BCUT2D eigenvalue weighted by molar-refractivity contribution is -0.139. The Labute approximate surface area is 106 Å². The molecule has 0 amide bonds. The average molecular weight is 247 g/mol. The largest absolute Gasteiger partial charge is 0.480 e. The van der Waals surface area contributed by atoms with Crippen LogP contribution in [0, 0.1) is 24.2 Å². The van der Waals surface area contributed by atoms with Crippen LogP contribution in [0.1, 0.15) is 31.5 Å². The van der Waals surface area contributed by atoms with Crippen LogP contribution in [-0.4, -0.2) is 22.1 Å². The number of hydrogen-bond acceptors (Lipinski definition) is 4. The van der Waals surface area contributed by atoms with E-state index in [1.165, 1.54) is 0 Å². The van der Waals surface area contributed by atoms with Gasteiger partial charge in [-0.25, -0.2) is 9.78 Å². The minimum atomic E-state index is -0.911. The summed E-state index contributed by atoms with van der Waals surface area (Å²) in [6, 6.07) is 4.55. The second-order valence-corrected chi connectivity index (χ2v) is 4.34. The second-order valence-electron chi connectivity index (χ2n) is 4.34. The van der Waals surface area contributed by atoms with Gasteiger partial charge in [-0.1, -0.05) is 20.3 Å². The molecule has 2 N–H and O–H groups in total. The Kier molecular flexibility index (Phi) is 4.67. The van der Waals surface area contributed by atoms with Crippen LogP contribution < -0.4 is 5.32 Å². The smallest absolute Gasteiger partial charge is 0.326 e. The Balaban J connectivity index is 2.97. The topological polar surface area (TPSA) is 86.0 Å². The summed E-state index contributed by atoms with van der Waals surface area (Å²) in [5.41, 5.74) is 1.16. The molecule has 0 bridgehead atoms. The minimum absolute atomic E-state index is 0.0182. The van der Waals surface area contributed by atoms with Crippen LogP contribution in [0.2, 0.25) is 0 Å². The third-order valence-corrected chi connectivity index (χ3v) is 2.86. The molecule has 0 spiro atoms. The summed E-state index contributed by atoms with van der Waals surface area (Å²) in [5, 5.41) is 20.9. The highest BCUT2D eigenvalue weighted by Crippen LogP contribution is 2.16. The maximum Gasteiger partial charge on any atom is 0.326 e. The molecule has 0 saturated carbocycles. The first-order valence-corrected chi connectivity index (χ1v) is 5.86. The number of hydrogen-bond donors (Lipinski definition) is 2. The van der Waals surface area contributed by atoms with Crippen molar-refractivity contribution in [3.63, 3.8) is 0 Å². The Bertz CT molecular complexity index is 480. The molecule has 1 heterocycles. The molecule has 1 aromatic rings. The zero-order valence-corrected chi connectivity index (χ0v) is 10.8. The van der Waals surface area contributed by atoms with Crippen LogP contribution in [0.3, 0.4) is 0 Å². The molecule has 18 heavy (non-hydrogen) atoms. The molecule has 0 aliphatic heterocycles. The van der Waals surface area contributed by atoms with Crippen LogP contribution in [0.4, 0.5) is 5.82 Å². The summed E-state index contributed by atoms with van der Waals surface area (Å²) in [6.45, 7) is 5.57. The monoisotopic (exact) mass is 247 g/mol. The van der Waals surface area contributed by atoms with Gasteiger partial charge in [0.2, 0.25) is 0 Å². The van der Waals surface area contributed by atoms with Gasteiger partial charge >= 0.3 is 5.97 Å². The summed E-state index contributed by atoms with van der Waals surface area (Å²) in [4.78, 5) is 15.4. The van der Waals surface area contributed by atoms with E-state index in [1.807, 2.05) is 19.9 Å². The van der Waals surface area contributed by atoms with E-state index in [2.05, 4.69) is 10.3 Å². The number of nitrogens with one attached hydrogen (secondary N) is 1. The second kappa shape index (κ2) is 6.01. The van der Waals surface area contributed by atoms with Crippen LogP contribution >= 0.6 is 0 Å². The number of aliphatic carboxylic acids is 1. The van der Waals surface area contributed by atoms with E-state index in [1.54, 1.807) is 19.1 Å². The predicted octanol–water partition coefficient (Wildman–Crippen LogP) is 2.17. The van der Waals surface area contributed by atoms with Gasteiger partial charge in [0, 0.05) is 5.69 Å².